The lowest BCUT2D eigenvalue weighted by molar-refractivity contribution is 0.0472. The molecule has 0 aliphatic carbocycles. The van der Waals surface area contributed by atoms with E-state index in [1.54, 1.807) is 36.4 Å². The van der Waals surface area contributed by atoms with Gasteiger partial charge in [0.15, 0.2) is 0 Å². The summed E-state index contributed by atoms with van der Waals surface area (Å²) in [6, 6.07) is 25.9. The molecule has 248 valence electrons. The number of hydrogen-bond acceptors (Lipinski definition) is 9. The van der Waals surface area contributed by atoms with Crippen molar-refractivity contribution < 1.29 is 28.6 Å². The van der Waals surface area contributed by atoms with E-state index in [9.17, 15) is 14.4 Å². The Labute approximate surface area is 277 Å². The van der Waals surface area contributed by atoms with Crippen LogP contribution in [0.2, 0.25) is 0 Å². The van der Waals surface area contributed by atoms with Crippen molar-refractivity contribution in [3.8, 4) is 28.2 Å². The Hall–Kier alpha value is -4.77. The van der Waals surface area contributed by atoms with Crippen LogP contribution < -0.4 is 0 Å². The van der Waals surface area contributed by atoms with Crippen LogP contribution in [0.25, 0.3) is 28.2 Å². The van der Waals surface area contributed by atoms with Gasteiger partial charge in [-0.25, -0.2) is 14.4 Å². The number of hydrogen-bond donors (Lipinski definition) is 0. The van der Waals surface area contributed by atoms with Gasteiger partial charge in [0.25, 0.3) is 0 Å². The maximum Gasteiger partial charge on any atom is 0.338 e. The SMILES string of the molecule is CN(C)CCOC(=O)c1ccc(-c2ccc(-c3ccc(C(=O)OCCN(C)C)cc3)n2-c2ccc(C(=O)OCCN(C)C)cc2)cc1. The van der Waals surface area contributed by atoms with Gasteiger partial charge < -0.3 is 33.5 Å². The summed E-state index contributed by atoms with van der Waals surface area (Å²) in [7, 11) is 11.5. The number of nitrogens with zero attached hydrogens (tertiary/aromatic N) is 4. The first kappa shape index (κ1) is 35.1. The number of rotatable bonds is 15. The van der Waals surface area contributed by atoms with E-state index in [0.717, 1.165) is 28.2 Å². The fourth-order valence-corrected chi connectivity index (χ4v) is 4.68. The van der Waals surface area contributed by atoms with Crippen LogP contribution >= 0.6 is 0 Å². The second kappa shape index (κ2) is 16.7. The number of ether oxygens (including phenoxy) is 3. The molecule has 0 bridgehead atoms. The quantitative estimate of drug-likeness (QED) is 0.132. The highest BCUT2D eigenvalue weighted by molar-refractivity contribution is 5.91. The summed E-state index contributed by atoms with van der Waals surface area (Å²) in [5.74, 6) is -1.13. The molecule has 1 aromatic heterocycles. The molecule has 0 N–H and O–H groups in total. The highest BCUT2D eigenvalue weighted by Crippen LogP contribution is 2.33. The minimum atomic E-state index is -0.382. The average molecular weight is 641 g/mol. The molecule has 0 atom stereocenters. The number of aromatic nitrogens is 1. The van der Waals surface area contributed by atoms with Crippen LogP contribution in [-0.2, 0) is 14.2 Å². The first-order chi connectivity index (χ1) is 22.5. The van der Waals surface area contributed by atoms with Crippen molar-refractivity contribution in [3.05, 3.63) is 102 Å². The molecule has 0 radical (unpaired) electrons. The standard InChI is InChI=1S/C37H44N4O6/c1-38(2)21-24-45-35(42)29-11-7-27(8-12-29)33-19-20-34(28-9-13-30(14-10-28)36(43)46-25-22-39(3)4)41(33)32-17-15-31(16-18-32)37(44)47-26-23-40(5)6/h7-20H,21-26H2,1-6H3. The summed E-state index contributed by atoms with van der Waals surface area (Å²) in [4.78, 5) is 43.7. The monoisotopic (exact) mass is 640 g/mol. The third-order valence-corrected chi connectivity index (χ3v) is 7.39. The van der Waals surface area contributed by atoms with E-state index in [0.29, 0.717) is 56.1 Å². The van der Waals surface area contributed by atoms with Gasteiger partial charge in [-0.05, 0) is 114 Å². The van der Waals surface area contributed by atoms with Gasteiger partial charge in [-0.1, -0.05) is 24.3 Å². The third-order valence-electron chi connectivity index (χ3n) is 7.39. The zero-order valence-electron chi connectivity index (χ0n) is 28.1. The van der Waals surface area contributed by atoms with Crippen molar-refractivity contribution in [2.75, 3.05) is 81.7 Å². The van der Waals surface area contributed by atoms with Gasteiger partial charge >= 0.3 is 17.9 Å². The van der Waals surface area contributed by atoms with Crippen LogP contribution in [0.3, 0.4) is 0 Å². The van der Waals surface area contributed by atoms with Crippen molar-refractivity contribution in [2.45, 2.75) is 0 Å². The lowest BCUT2D eigenvalue weighted by Crippen LogP contribution is -2.20. The smallest absolute Gasteiger partial charge is 0.338 e. The van der Waals surface area contributed by atoms with Gasteiger partial charge in [-0.15, -0.1) is 0 Å². The molecule has 0 saturated heterocycles. The maximum absolute atomic E-state index is 12.6. The molecule has 0 fully saturated rings. The van der Waals surface area contributed by atoms with Gasteiger partial charge in [0.1, 0.15) is 19.8 Å². The molecule has 0 amide bonds. The lowest BCUT2D eigenvalue weighted by atomic mass is 10.1. The van der Waals surface area contributed by atoms with Crippen molar-refractivity contribution in [2.24, 2.45) is 0 Å². The molecule has 1 heterocycles. The predicted octanol–water partition coefficient (Wildman–Crippen LogP) is 4.97. The molecule has 4 aromatic rings. The third kappa shape index (κ3) is 9.86. The van der Waals surface area contributed by atoms with Crippen LogP contribution in [-0.4, -0.2) is 119 Å². The van der Waals surface area contributed by atoms with E-state index in [2.05, 4.69) is 4.57 Å². The van der Waals surface area contributed by atoms with Crippen LogP contribution in [0.4, 0.5) is 0 Å². The zero-order chi connectivity index (χ0) is 33.9. The van der Waals surface area contributed by atoms with E-state index in [4.69, 9.17) is 14.2 Å². The van der Waals surface area contributed by atoms with Crippen molar-refractivity contribution in [3.63, 3.8) is 0 Å². The molecule has 4 rings (SSSR count). The number of carbonyl (C=O) groups is 3. The Morgan fingerprint density at radius 1 is 0.468 bits per heavy atom. The van der Waals surface area contributed by atoms with Crippen LogP contribution in [0.15, 0.2) is 84.9 Å². The average Bonchev–Trinajstić information content (AvgIpc) is 3.49. The molecular weight excluding hydrogens is 596 g/mol. The van der Waals surface area contributed by atoms with Crippen molar-refractivity contribution in [1.29, 1.82) is 0 Å². The molecule has 0 saturated carbocycles. The first-order valence-electron chi connectivity index (χ1n) is 15.5. The van der Waals surface area contributed by atoms with Crippen LogP contribution in [0.5, 0.6) is 0 Å². The van der Waals surface area contributed by atoms with E-state index in [-0.39, 0.29) is 17.9 Å². The minimum absolute atomic E-state index is 0.303. The van der Waals surface area contributed by atoms with Gasteiger partial charge in [0.05, 0.1) is 28.1 Å². The summed E-state index contributed by atoms with van der Waals surface area (Å²) in [5, 5.41) is 0. The number of benzene rings is 3. The van der Waals surface area contributed by atoms with Gasteiger partial charge in [-0.3, -0.25) is 0 Å². The largest absolute Gasteiger partial charge is 0.461 e. The molecule has 10 nitrogen and oxygen atoms in total. The topological polar surface area (TPSA) is 93.6 Å². The van der Waals surface area contributed by atoms with Crippen molar-refractivity contribution in [1.82, 2.24) is 19.3 Å². The number of carbonyl (C=O) groups excluding carboxylic acids is 3. The Bertz CT molecular complexity index is 1540. The fraction of sp³-hybridized carbons (Fsp3) is 0.324. The second-order valence-electron chi connectivity index (χ2n) is 12.0. The molecule has 0 aliphatic heterocycles. The van der Waals surface area contributed by atoms with Gasteiger partial charge in [-0.2, -0.15) is 0 Å². The maximum atomic E-state index is 12.6. The first-order valence-corrected chi connectivity index (χ1v) is 15.5. The zero-order valence-corrected chi connectivity index (χ0v) is 28.1. The van der Waals surface area contributed by atoms with Crippen molar-refractivity contribution >= 4 is 17.9 Å². The Kier molecular flexibility index (Phi) is 12.5. The predicted molar refractivity (Wildman–Crippen MR) is 183 cm³/mol. The van der Waals surface area contributed by atoms with Crippen LogP contribution in [0, 0.1) is 0 Å². The Morgan fingerprint density at radius 2 is 0.766 bits per heavy atom. The molecule has 0 aliphatic rings. The van der Waals surface area contributed by atoms with E-state index >= 15 is 0 Å². The summed E-state index contributed by atoms with van der Waals surface area (Å²) in [6.45, 7) is 2.85. The van der Waals surface area contributed by atoms with Crippen LogP contribution in [0.1, 0.15) is 31.1 Å². The molecule has 0 spiro atoms. The lowest BCUT2D eigenvalue weighted by Gasteiger charge is -2.16. The van der Waals surface area contributed by atoms with E-state index in [1.165, 1.54) is 0 Å². The molecule has 3 aromatic carbocycles. The summed E-state index contributed by atoms with van der Waals surface area (Å²) < 4.78 is 18.3. The molecule has 0 unspecified atom stereocenters. The molecular formula is C37H44N4O6. The van der Waals surface area contributed by atoms with E-state index < -0.39 is 0 Å². The molecule has 10 heteroatoms. The minimum Gasteiger partial charge on any atom is -0.461 e. The highest BCUT2D eigenvalue weighted by atomic mass is 16.5. The normalized spacial score (nSPS) is 11.3. The summed E-state index contributed by atoms with van der Waals surface area (Å²) in [6.07, 6.45) is 0. The Morgan fingerprint density at radius 3 is 1.06 bits per heavy atom. The number of likely N-dealkylation sites (N-methyl/N-ethyl adjacent to an activating group) is 3. The summed E-state index contributed by atoms with van der Waals surface area (Å²) >= 11 is 0. The molecule has 47 heavy (non-hydrogen) atoms. The van der Waals surface area contributed by atoms with E-state index in [1.807, 2.05) is 106 Å². The van der Waals surface area contributed by atoms with Gasteiger partial charge in [0.2, 0.25) is 0 Å². The second-order valence-corrected chi connectivity index (χ2v) is 12.0. The summed E-state index contributed by atoms with van der Waals surface area (Å²) in [5.41, 5.74) is 5.74. The highest BCUT2D eigenvalue weighted by Gasteiger charge is 2.17. The Balaban J connectivity index is 1.64. The fourth-order valence-electron chi connectivity index (χ4n) is 4.68. The van der Waals surface area contributed by atoms with Gasteiger partial charge in [0, 0.05) is 25.3 Å². The number of esters is 3.